The van der Waals surface area contributed by atoms with Gasteiger partial charge in [0.25, 0.3) is 0 Å². The molecular formula is C16H27FN2O. The van der Waals surface area contributed by atoms with E-state index >= 15 is 0 Å². The Morgan fingerprint density at radius 2 is 2.10 bits per heavy atom. The Bertz CT molecular complexity index is 398. The summed E-state index contributed by atoms with van der Waals surface area (Å²) in [5.74, 6) is -0.161. The second kappa shape index (κ2) is 8.93. The monoisotopic (exact) mass is 282 g/mol. The van der Waals surface area contributed by atoms with Gasteiger partial charge in [-0.3, -0.25) is 0 Å². The number of methoxy groups -OCH3 is 1. The van der Waals surface area contributed by atoms with Gasteiger partial charge < -0.3 is 15.0 Å². The molecule has 1 unspecified atom stereocenters. The van der Waals surface area contributed by atoms with Crippen molar-refractivity contribution in [3.05, 3.63) is 29.6 Å². The number of anilines is 1. The van der Waals surface area contributed by atoms with Gasteiger partial charge in [-0.05, 0) is 38.4 Å². The maximum atomic E-state index is 14.3. The van der Waals surface area contributed by atoms with Gasteiger partial charge in [0.05, 0.1) is 12.3 Å². The van der Waals surface area contributed by atoms with Gasteiger partial charge in [0.2, 0.25) is 0 Å². The first-order chi connectivity index (χ1) is 9.65. The minimum absolute atomic E-state index is 0.136. The third-order valence-electron chi connectivity index (χ3n) is 3.45. The highest BCUT2D eigenvalue weighted by Gasteiger charge is 2.18. The lowest BCUT2D eigenvalue weighted by Crippen LogP contribution is -2.30. The fourth-order valence-corrected chi connectivity index (χ4v) is 2.32. The predicted molar refractivity (Wildman–Crippen MR) is 82.9 cm³/mol. The zero-order valence-corrected chi connectivity index (χ0v) is 13.1. The molecule has 0 radical (unpaired) electrons. The smallest absolute Gasteiger partial charge is 0.146 e. The molecule has 4 heteroatoms. The molecule has 20 heavy (non-hydrogen) atoms. The minimum Gasteiger partial charge on any atom is -0.383 e. The van der Waals surface area contributed by atoms with Gasteiger partial charge in [0, 0.05) is 26.2 Å². The van der Waals surface area contributed by atoms with Gasteiger partial charge in [-0.25, -0.2) is 4.39 Å². The van der Waals surface area contributed by atoms with E-state index in [0.29, 0.717) is 18.8 Å². The first-order valence-corrected chi connectivity index (χ1v) is 7.41. The standard InChI is InChI=1S/C16H27FN2O/c1-5-10-18-13(3)14-8-7-9-15(17)16(14)19(6-2)11-12-20-4/h7-9,13,18H,5-6,10-12H2,1-4H3. The fraction of sp³-hybridized carbons (Fsp3) is 0.625. The number of ether oxygens (including phenoxy) is 1. The SMILES string of the molecule is CCCNC(C)c1cccc(F)c1N(CC)CCOC. The van der Waals surface area contributed by atoms with Crippen LogP contribution in [-0.2, 0) is 4.74 Å². The topological polar surface area (TPSA) is 24.5 Å². The van der Waals surface area contributed by atoms with Crippen LogP contribution in [0.5, 0.6) is 0 Å². The van der Waals surface area contributed by atoms with Crippen molar-refractivity contribution in [3.8, 4) is 0 Å². The van der Waals surface area contributed by atoms with E-state index < -0.39 is 0 Å². The Morgan fingerprint density at radius 3 is 2.70 bits per heavy atom. The summed E-state index contributed by atoms with van der Waals surface area (Å²) in [5.41, 5.74) is 1.71. The molecule has 1 atom stereocenters. The molecule has 114 valence electrons. The molecule has 0 fully saturated rings. The molecule has 0 saturated heterocycles. The normalized spacial score (nSPS) is 12.4. The van der Waals surface area contributed by atoms with Crippen LogP contribution in [0.3, 0.4) is 0 Å². The van der Waals surface area contributed by atoms with Gasteiger partial charge in [0.1, 0.15) is 5.82 Å². The van der Waals surface area contributed by atoms with Crippen LogP contribution in [0.4, 0.5) is 10.1 Å². The zero-order valence-electron chi connectivity index (χ0n) is 13.1. The summed E-state index contributed by atoms with van der Waals surface area (Å²) in [5, 5.41) is 3.43. The molecule has 0 saturated carbocycles. The number of rotatable bonds is 9. The lowest BCUT2D eigenvalue weighted by Gasteiger charge is -2.28. The van der Waals surface area contributed by atoms with Gasteiger partial charge in [-0.1, -0.05) is 19.1 Å². The highest BCUT2D eigenvalue weighted by molar-refractivity contribution is 5.56. The van der Waals surface area contributed by atoms with Crippen molar-refractivity contribution in [2.24, 2.45) is 0 Å². The number of nitrogens with zero attached hydrogens (tertiary/aromatic N) is 1. The van der Waals surface area contributed by atoms with Crippen LogP contribution in [0.2, 0.25) is 0 Å². The quantitative estimate of drug-likeness (QED) is 0.751. The van der Waals surface area contributed by atoms with Crippen LogP contribution < -0.4 is 10.2 Å². The second-order valence-electron chi connectivity index (χ2n) is 4.93. The molecule has 3 nitrogen and oxygen atoms in total. The van der Waals surface area contributed by atoms with Gasteiger partial charge in [-0.2, -0.15) is 0 Å². The second-order valence-corrected chi connectivity index (χ2v) is 4.93. The van der Waals surface area contributed by atoms with Crippen molar-refractivity contribution in [1.82, 2.24) is 5.32 Å². The molecule has 0 bridgehead atoms. The summed E-state index contributed by atoms with van der Waals surface area (Å²) in [6.07, 6.45) is 1.07. The first kappa shape index (κ1) is 16.9. The Hall–Kier alpha value is -1.13. The number of hydrogen-bond donors (Lipinski definition) is 1. The first-order valence-electron chi connectivity index (χ1n) is 7.41. The summed E-state index contributed by atoms with van der Waals surface area (Å²) >= 11 is 0. The van der Waals surface area contributed by atoms with Gasteiger partial charge >= 0.3 is 0 Å². The van der Waals surface area contributed by atoms with E-state index in [1.807, 2.05) is 17.9 Å². The molecule has 0 spiro atoms. The lowest BCUT2D eigenvalue weighted by atomic mass is 10.0. The van der Waals surface area contributed by atoms with E-state index in [0.717, 1.165) is 25.1 Å². The summed E-state index contributed by atoms with van der Waals surface area (Å²) < 4.78 is 19.4. The molecule has 1 N–H and O–H groups in total. The van der Waals surface area contributed by atoms with Crippen molar-refractivity contribution in [2.45, 2.75) is 33.2 Å². The number of nitrogens with one attached hydrogen (secondary N) is 1. The Labute approximate surface area is 122 Å². The van der Waals surface area contributed by atoms with Crippen LogP contribution >= 0.6 is 0 Å². The van der Waals surface area contributed by atoms with E-state index in [2.05, 4.69) is 19.2 Å². The zero-order chi connectivity index (χ0) is 15.0. The van der Waals surface area contributed by atoms with Crippen LogP contribution in [0.15, 0.2) is 18.2 Å². The van der Waals surface area contributed by atoms with Crippen LogP contribution in [0, 0.1) is 5.82 Å². The van der Waals surface area contributed by atoms with Crippen LogP contribution in [-0.4, -0.2) is 33.4 Å². The number of benzene rings is 1. The van der Waals surface area contributed by atoms with E-state index in [1.54, 1.807) is 13.2 Å². The highest BCUT2D eigenvalue weighted by Crippen LogP contribution is 2.29. The van der Waals surface area contributed by atoms with Crippen molar-refractivity contribution in [2.75, 3.05) is 38.3 Å². The number of likely N-dealkylation sites (N-methyl/N-ethyl adjacent to an activating group) is 1. The Balaban J connectivity index is 3.02. The average molecular weight is 282 g/mol. The number of hydrogen-bond acceptors (Lipinski definition) is 3. The Morgan fingerprint density at radius 1 is 1.35 bits per heavy atom. The molecule has 0 aliphatic carbocycles. The molecule has 0 aliphatic heterocycles. The van der Waals surface area contributed by atoms with E-state index in [-0.39, 0.29) is 11.9 Å². The van der Waals surface area contributed by atoms with E-state index in [4.69, 9.17) is 4.74 Å². The largest absolute Gasteiger partial charge is 0.383 e. The molecule has 0 heterocycles. The third kappa shape index (κ3) is 4.46. The maximum absolute atomic E-state index is 14.3. The van der Waals surface area contributed by atoms with E-state index in [9.17, 15) is 4.39 Å². The summed E-state index contributed by atoms with van der Waals surface area (Å²) in [6, 6.07) is 5.45. The van der Waals surface area contributed by atoms with Crippen molar-refractivity contribution < 1.29 is 9.13 Å². The lowest BCUT2D eigenvalue weighted by molar-refractivity contribution is 0.205. The summed E-state index contributed by atoms with van der Waals surface area (Å²) in [4.78, 5) is 2.04. The number of halogens is 1. The summed E-state index contributed by atoms with van der Waals surface area (Å²) in [7, 11) is 1.67. The summed E-state index contributed by atoms with van der Waals surface area (Å²) in [6.45, 7) is 9.23. The maximum Gasteiger partial charge on any atom is 0.146 e. The molecule has 1 aromatic rings. The molecule has 0 aromatic heterocycles. The molecule has 1 aromatic carbocycles. The third-order valence-corrected chi connectivity index (χ3v) is 3.45. The highest BCUT2D eigenvalue weighted by atomic mass is 19.1. The average Bonchev–Trinajstić information content (AvgIpc) is 2.46. The van der Waals surface area contributed by atoms with Gasteiger partial charge in [0.15, 0.2) is 0 Å². The minimum atomic E-state index is -0.161. The molecule has 0 amide bonds. The van der Waals surface area contributed by atoms with Crippen LogP contribution in [0.25, 0.3) is 0 Å². The van der Waals surface area contributed by atoms with Crippen LogP contribution in [0.1, 0.15) is 38.8 Å². The predicted octanol–water partition coefficient (Wildman–Crippen LogP) is 3.36. The molecular weight excluding hydrogens is 255 g/mol. The fourth-order valence-electron chi connectivity index (χ4n) is 2.32. The van der Waals surface area contributed by atoms with Crippen molar-refractivity contribution in [3.63, 3.8) is 0 Å². The van der Waals surface area contributed by atoms with Crippen molar-refractivity contribution in [1.29, 1.82) is 0 Å². The molecule has 0 aliphatic rings. The number of para-hydroxylation sites is 1. The Kier molecular flexibility index (Phi) is 7.55. The van der Waals surface area contributed by atoms with Crippen molar-refractivity contribution >= 4 is 5.69 Å². The molecule has 1 rings (SSSR count). The van der Waals surface area contributed by atoms with E-state index in [1.165, 1.54) is 6.07 Å². The van der Waals surface area contributed by atoms with Gasteiger partial charge in [-0.15, -0.1) is 0 Å².